The Morgan fingerprint density at radius 2 is 1.48 bits per heavy atom. The molecule has 7 unspecified atom stereocenters. The molecule has 10 heteroatoms. The third kappa shape index (κ3) is 4.06. The van der Waals surface area contributed by atoms with Gasteiger partial charge < -0.3 is 19.3 Å². The Kier molecular flexibility index (Phi) is 6.62. The number of aliphatic hydroxyl groups is 2. The Hall–Kier alpha value is -4.32. The number of piperidine rings is 2. The van der Waals surface area contributed by atoms with E-state index in [2.05, 4.69) is 66.5 Å². The van der Waals surface area contributed by atoms with E-state index in [0.717, 1.165) is 46.6 Å². The van der Waals surface area contributed by atoms with E-state index in [9.17, 15) is 20.7 Å². The molecule has 4 aliphatic heterocycles. The molecule has 4 aliphatic rings. The van der Waals surface area contributed by atoms with Crippen molar-refractivity contribution in [3.63, 3.8) is 0 Å². The van der Waals surface area contributed by atoms with Gasteiger partial charge in [0.1, 0.15) is 0 Å². The lowest BCUT2D eigenvalue weighted by molar-refractivity contribution is -0.0164. The van der Waals surface area contributed by atoms with Gasteiger partial charge in [0.25, 0.3) is 0 Å². The average molecular weight is 587 g/mol. The van der Waals surface area contributed by atoms with Crippen LogP contribution in [0.25, 0.3) is 22.5 Å². The van der Waals surface area contributed by atoms with E-state index in [1.807, 2.05) is 42.1 Å². The van der Waals surface area contributed by atoms with E-state index in [4.69, 9.17) is 0 Å². The van der Waals surface area contributed by atoms with Gasteiger partial charge in [0.2, 0.25) is 0 Å². The van der Waals surface area contributed by atoms with Crippen molar-refractivity contribution in [2.45, 2.75) is 43.2 Å². The van der Waals surface area contributed by atoms with Crippen molar-refractivity contribution in [3.05, 3.63) is 84.2 Å². The fourth-order valence-electron chi connectivity index (χ4n) is 8.62. The highest BCUT2D eigenvalue weighted by Gasteiger charge is 2.46. The van der Waals surface area contributed by atoms with Crippen LogP contribution in [-0.2, 0) is 0 Å². The van der Waals surface area contributed by atoms with E-state index in [1.54, 1.807) is 0 Å². The Bertz CT molecular complexity index is 1800. The smallest absolute Gasteiger partial charge is 0.0956 e. The fourth-order valence-corrected chi connectivity index (χ4v) is 8.62. The first kappa shape index (κ1) is 27.2. The van der Waals surface area contributed by atoms with E-state index < -0.39 is 12.2 Å². The quantitative estimate of drug-likeness (QED) is 0.341. The fraction of sp³-hybridized carbons (Fsp3) is 0.412. The largest absolute Gasteiger partial charge is 0.393 e. The summed E-state index contributed by atoms with van der Waals surface area (Å²) in [6.07, 6.45) is 7.62. The SMILES string of the molecule is N#CCN1CCC(C2c3cccc(C4CC(O)C(C5c6ccccc6-c6cncn65)CN4CC#N)c3-c3cncn32)C(O)C1. The molecule has 222 valence electrons. The standard InChI is InChI=1S/C34H34N8O2/c35-9-12-39-11-8-24(31(44)18-39)34-25-7-3-6-23(32(25)29-16-38-20-42(29)34)27-14-30(43)26(17-40(27)13-10-36)33-22-5-2-1-4-21(22)28-15-37-19-41(28)33/h1-7,15-16,19-20,24,26-27,30-31,33-34,43-44H,8,11-14,17-18H2. The minimum absolute atomic E-state index is 0.0160. The third-order valence-corrected chi connectivity index (χ3v) is 10.5. The van der Waals surface area contributed by atoms with Crippen molar-refractivity contribution >= 4 is 0 Å². The zero-order valence-corrected chi connectivity index (χ0v) is 24.3. The summed E-state index contributed by atoms with van der Waals surface area (Å²) >= 11 is 0. The molecular formula is C34H34N8O2. The molecule has 2 N–H and O–H groups in total. The summed E-state index contributed by atoms with van der Waals surface area (Å²) in [5, 5.41) is 42.3. The summed E-state index contributed by atoms with van der Waals surface area (Å²) in [6, 6.07) is 19.0. The summed E-state index contributed by atoms with van der Waals surface area (Å²) in [4.78, 5) is 13.2. The summed E-state index contributed by atoms with van der Waals surface area (Å²) in [5.74, 6) is -0.127. The summed E-state index contributed by atoms with van der Waals surface area (Å²) in [7, 11) is 0. The van der Waals surface area contributed by atoms with Gasteiger partial charge in [-0.15, -0.1) is 0 Å². The summed E-state index contributed by atoms with van der Waals surface area (Å²) in [6.45, 7) is 2.38. The maximum absolute atomic E-state index is 11.9. The molecule has 8 rings (SSSR count). The molecule has 6 heterocycles. The Morgan fingerprint density at radius 1 is 0.773 bits per heavy atom. The van der Waals surface area contributed by atoms with Crippen molar-refractivity contribution in [1.82, 2.24) is 28.9 Å². The van der Waals surface area contributed by atoms with Gasteiger partial charge in [0.05, 0.1) is 86.0 Å². The summed E-state index contributed by atoms with van der Waals surface area (Å²) in [5.41, 5.74) is 7.75. The molecule has 10 nitrogen and oxygen atoms in total. The average Bonchev–Trinajstić information content (AvgIpc) is 3.80. The predicted octanol–water partition coefficient (Wildman–Crippen LogP) is 3.37. The highest BCUT2D eigenvalue weighted by atomic mass is 16.3. The van der Waals surface area contributed by atoms with Crippen LogP contribution in [0.1, 0.15) is 47.7 Å². The van der Waals surface area contributed by atoms with Gasteiger partial charge in [-0.1, -0.05) is 42.5 Å². The van der Waals surface area contributed by atoms with Crippen molar-refractivity contribution in [3.8, 4) is 34.7 Å². The van der Waals surface area contributed by atoms with Crippen molar-refractivity contribution < 1.29 is 10.2 Å². The van der Waals surface area contributed by atoms with Crippen LogP contribution < -0.4 is 0 Å². The molecule has 0 bridgehead atoms. The molecule has 0 radical (unpaired) electrons. The van der Waals surface area contributed by atoms with E-state index in [-0.39, 0.29) is 36.5 Å². The molecule has 2 fully saturated rings. The van der Waals surface area contributed by atoms with Crippen LogP contribution in [0.15, 0.2) is 67.5 Å². The van der Waals surface area contributed by atoms with Gasteiger partial charge >= 0.3 is 0 Å². The van der Waals surface area contributed by atoms with Crippen molar-refractivity contribution in [2.75, 3.05) is 32.7 Å². The molecule has 0 spiro atoms. The number of aromatic nitrogens is 4. The van der Waals surface area contributed by atoms with Gasteiger partial charge in [0.15, 0.2) is 0 Å². The molecule has 7 atom stereocenters. The van der Waals surface area contributed by atoms with Gasteiger partial charge in [-0.3, -0.25) is 9.80 Å². The third-order valence-electron chi connectivity index (χ3n) is 10.5. The van der Waals surface area contributed by atoms with Crippen molar-refractivity contribution in [2.24, 2.45) is 11.8 Å². The number of hydrogen-bond acceptors (Lipinski definition) is 8. The molecule has 4 aromatic rings. The highest BCUT2D eigenvalue weighted by Crippen LogP contribution is 2.52. The topological polar surface area (TPSA) is 130 Å². The minimum atomic E-state index is -0.592. The Labute approximate surface area is 256 Å². The van der Waals surface area contributed by atoms with Crippen LogP contribution in [0.5, 0.6) is 0 Å². The van der Waals surface area contributed by atoms with E-state index >= 15 is 0 Å². The number of nitrogens with zero attached hydrogens (tertiary/aromatic N) is 8. The first-order valence-corrected chi connectivity index (χ1v) is 15.4. The highest BCUT2D eigenvalue weighted by molar-refractivity contribution is 5.74. The van der Waals surface area contributed by atoms with E-state index in [1.165, 1.54) is 5.56 Å². The second kappa shape index (κ2) is 10.7. The molecule has 0 aliphatic carbocycles. The van der Waals surface area contributed by atoms with Gasteiger partial charge in [0, 0.05) is 42.1 Å². The molecule has 2 aromatic carbocycles. The number of benzene rings is 2. The lowest BCUT2D eigenvalue weighted by atomic mass is 9.78. The van der Waals surface area contributed by atoms with Crippen molar-refractivity contribution in [1.29, 1.82) is 10.5 Å². The summed E-state index contributed by atoms with van der Waals surface area (Å²) < 4.78 is 4.37. The number of aliphatic hydroxyl groups excluding tert-OH is 2. The van der Waals surface area contributed by atoms with Gasteiger partial charge in [-0.25, -0.2) is 9.97 Å². The maximum atomic E-state index is 11.9. The zero-order valence-electron chi connectivity index (χ0n) is 24.3. The van der Waals surface area contributed by atoms with Crippen LogP contribution in [0.4, 0.5) is 0 Å². The van der Waals surface area contributed by atoms with Crippen LogP contribution in [0.2, 0.25) is 0 Å². The lowest BCUT2D eigenvalue weighted by Crippen LogP contribution is -2.48. The number of imidazole rings is 2. The van der Waals surface area contributed by atoms with E-state index in [0.29, 0.717) is 26.1 Å². The second-order valence-electron chi connectivity index (χ2n) is 12.6. The predicted molar refractivity (Wildman–Crippen MR) is 162 cm³/mol. The number of likely N-dealkylation sites (tertiary alicyclic amines) is 2. The Balaban J connectivity index is 1.15. The number of nitriles is 2. The molecule has 0 saturated carbocycles. The van der Waals surface area contributed by atoms with Crippen LogP contribution >= 0.6 is 0 Å². The molecule has 0 amide bonds. The number of rotatable bonds is 5. The van der Waals surface area contributed by atoms with Gasteiger partial charge in [-0.05, 0) is 36.1 Å². The number of fused-ring (bicyclic) bond motifs is 6. The molecule has 2 aromatic heterocycles. The van der Waals surface area contributed by atoms with Crippen LogP contribution in [-0.4, -0.2) is 84.0 Å². The second-order valence-corrected chi connectivity index (χ2v) is 12.6. The minimum Gasteiger partial charge on any atom is -0.393 e. The monoisotopic (exact) mass is 586 g/mol. The maximum Gasteiger partial charge on any atom is 0.0956 e. The molecular weight excluding hydrogens is 552 g/mol. The Morgan fingerprint density at radius 3 is 2.27 bits per heavy atom. The van der Waals surface area contributed by atoms with Crippen LogP contribution in [0.3, 0.4) is 0 Å². The number of β-amino-alcohol motifs (C(OH)–C–C–N with tert-alkyl or cyclic N) is 1. The lowest BCUT2D eigenvalue weighted by Gasteiger charge is -2.44. The first-order chi connectivity index (χ1) is 21.6. The molecule has 44 heavy (non-hydrogen) atoms. The van der Waals surface area contributed by atoms with Gasteiger partial charge in [-0.2, -0.15) is 10.5 Å². The number of hydrogen-bond donors (Lipinski definition) is 2. The zero-order chi connectivity index (χ0) is 29.9. The normalized spacial score (nSPS) is 29.3. The van der Waals surface area contributed by atoms with Crippen LogP contribution in [0, 0.1) is 34.5 Å². The first-order valence-electron chi connectivity index (χ1n) is 15.4. The molecule has 2 saturated heterocycles.